The molecule has 4 nitrogen and oxygen atoms in total. The summed E-state index contributed by atoms with van der Waals surface area (Å²) < 4.78 is 26.6. The molecule has 0 atom stereocenters. The van der Waals surface area contributed by atoms with Gasteiger partial charge < -0.3 is 0 Å². The van der Waals surface area contributed by atoms with Gasteiger partial charge in [-0.2, -0.15) is 0 Å². The van der Waals surface area contributed by atoms with Crippen LogP contribution in [0.1, 0.15) is 15.9 Å². The number of carbonyl (C=O) groups is 1. The van der Waals surface area contributed by atoms with Crippen LogP contribution in [0.2, 0.25) is 0 Å². The van der Waals surface area contributed by atoms with Gasteiger partial charge in [0.25, 0.3) is 10.0 Å². The van der Waals surface area contributed by atoms with E-state index in [9.17, 15) is 13.2 Å². The number of ketones is 1. The summed E-state index contributed by atoms with van der Waals surface area (Å²) in [4.78, 5) is 12.6. The average molecular weight is 471 g/mol. The number of hydrogen-bond donors (Lipinski definition) is 0. The molecule has 124 valence electrons. The van der Waals surface area contributed by atoms with Gasteiger partial charge in [-0.25, -0.2) is 12.4 Å². The highest BCUT2D eigenvalue weighted by molar-refractivity contribution is 9.25. The number of nitrogens with zero attached hydrogens (tertiary/aromatic N) is 1. The van der Waals surface area contributed by atoms with Gasteiger partial charge in [-0.15, -0.1) is 0 Å². The SMILES string of the molecule is Cc1ccc(S(=O)(=O)n2cc(C(=O)C(Br)Br)c3ccccc32)cc1. The lowest BCUT2D eigenvalue weighted by Crippen LogP contribution is -2.12. The maximum atomic E-state index is 13.0. The van der Waals surface area contributed by atoms with Crippen LogP contribution >= 0.6 is 31.9 Å². The molecule has 0 N–H and O–H groups in total. The molecule has 0 aliphatic rings. The summed E-state index contributed by atoms with van der Waals surface area (Å²) in [6.45, 7) is 1.89. The van der Waals surface area contributed by atoms with Crippen molar-refractivity contribution in [2.75, 3.05) is 0 Å². The van der Waals surface area contributed by atoms with E-state index in [1.54, 1.807) is 48.5 Å². The van der Waals surface area contributed by atoms with Crippen LogP contribution in [0.4, 0.5) is 0 Å². The largest absolute Gasteiger partial charge is 0.292 e. The van der Waals surface area contributed by atoms with Crippen LogP contribution in [0.15, 0.2) is 59.6 Å². The summed E-state index contributed by atoms with van der Waals surface area (Å²) in [6.07, 6.45) is 1.39. The first kappa shape index (κ1) is 17.4. The predicted octanol–water partition coefficient (Wildman–Crippen LogP) is 4.49. The monoisotopic (exact) mass is 469 g/mol. The van der Waals surface area contributed by atoms with Crippen LogP contribution in [0.25, 0.3) is 10.9 Å². The number of aromatic nitrogens is 1. The van der Waals surface area contributed by atoms with Crippen LogP contribution in [0.5, 0.6) is 0 Å². The number of para-hydroxylation sites is 1. The van der Waals surface area contributed by atoms with Crippen LogP contribution in [-0.2, 0) is 10.0 Å². The number of rotatable bonds is 4. The van der Waals surface area contributed by atoms with Crippen LogP contribution < -0.4 is 0 Å². The minimum absolute atomic E-state index is 0.182. The Morgan fingerprint density at radius 1 is 1.04 bits per heavy atom. The molecule has 1 aromatic heterocycles. The van der Waals surface area contributed by atoms with E-state index in [0.29, 0.717) is 16.5 Å². The van der Waals surface area contributed by atoms with Crippen molar-refractivity contribution in [3.05, 3.63) is 65.9 Å². The van der Waals surface area contributed by atoms with Crippen LogP contribution in [0.3, 0.4) is 0 Å². The van der Waals surface area contributed by atoms with E-state index in [4.69, 9.17) is 0 Å². The van der Waals surface area contributed by atoms with E-state index >= 15 is 0 Å². The van der Waals surface area contributed by atoms with Crippen molar-refractivity contribution < 1.29 is 13.2 Å². The molecule has 0 unspecified atom stereocenters. The summed E-state index contributed by atoms with van der Waals surface area (Å²) >= 11 is 6.37. The smallest absolute Gasteiger partial charge is 0.268 e. The van der Waals surface area contributed by atoms with Gasteiger partial charge in [0.1, 0.15) is 3.74 Å². The zero-order chi connectivity index (χ0) is 17.5. The summed E-state index contributed by atoms with van der Waals surface area (Å²) in [7, 11) is -3.79. The second kappa shape index (κ2) is 6.46. The van der Waals surface area contributed by atoms with Gasteiger partial charge in [0.15, 0.2) is 5.78 Å². The molecule has 3 rings (SSSR count). The summed E-state index contributed by atoms with van der Waals surface area (Å²) in [5.74, 6) is -0.232. The quantitative estimate of drug-likeness (QED) is 0.417. The molecule has 0 saturated heterocycles. The van der Waals surface area contributed by atoms with E-state index in [1.807, 2.05) is 6.92 Å². The Kier molecular flexibility index (Phi) is 4.68. The minimum atomic E-state index is -3.79. The lowest BCUT2D eigenvalue weighted by atomic mass is 10.1. The van der Waals surface area contributed by atoms with Gasteiger partial charge in [-0.05, 0) is 25.1 Å². The Morgan fingerprint density at radius 2 is 1.67 bits per heavy atom. The molecule has 2 aromatic carbocycles. The highest BCUT2D eigenvalue weighted by atomic mass is 79.9. The van der Waals surface area contributed by atoms with Crippen molar-refractivity contribution >= 4 is 58.6 Å². The molecule has 0 spiro atoms. The molecule has 0 saturated carbocycles. The molecular weight excluding hydrogens is 458 g/mol. The maximum absolute atomic E-state index is 13.0. The van der Waals surface area contributed by atoms with Gasteiger partial charge in [-0.3, -0.25) is 4.79 Å². The van der Waals surface area contributed by atoms with Gasteiger partial charge in [0.2, 0.25) is 0 Å². The Balaban J connectivity index is 2.27. The summed E-state index contributed by atoms with van der Waals surface area (Å²) in [6, 6.07) is 13.6. The highest BCUT2D eigenvalue weighted by Crippen LogP contribution is 2.29. The predicted molar refractivity (Wildman–Crippen MR) is 102 cm³/mol. The second-order valence-electron chi connectivity index (χ2n) is 5.34. The average Bonchev–Trinajstić information content (AvgIpc) is 2.94. The molecule has 7 heteroatoms. The third-order valence-electron chi connectivity index (χ3n) is 3.72. The van der Waals surface area contributed by atoms with Gasteiger partial charge in [-0.1, -0.05) is 67.8 Å². The zero-order valence-corrected chi connectivity index (χ0v) is 16.6. The molecule has 3 aromatic rings. The number of halogens is 2. The third-order valence-corrected chi connectivity index (χ3v) is 6.24. The van der Waals surface area contributed by atoms with Crippen LogP contribution in [-0.4, -0.2) is 21.9 Å². The van der Waals surface area contributed by atoms with Crippen molar-refractivity contribution in [1.29, 1.82) is 0 Å². The van der Waals surface area contributed by atoms with Crippen molar-refractivity contribution in [2.45, 2.75) is 15.6 Å². The number of hydrogen-bond acceptors (Lipinski definition) is 3. The maximum Gasteiger partial charge on any atom is 0.268 e. The van der Waals surface area contributed by atoms with Crippen molar-refractivity contribution in [1.82, 2.24) is 3.97 Å². The van der Waals surface area contributed by atoms with E-state index < -0.39 is 13.8 Å². The number of Topliss-reactive ketones (excluding diaryl/α,β-unsaturated/α-hetero) is 1. The normalized spacial score (nSPS) is 12.0. The molecule has 0 aliphatic carbocycles. The lowest BCUT2D eigenvalue weighted by Gasteiger charge is -2.07. The van der Waals surface area contributed by atoms with E-state index in [2.05, 4.69) is 31.9 Å². The van der Waals surface area contributed by atoms with Crippen molar-refractivity contribution in [3.8, 4) is 0 Å². The van der Waals surface area contributed by atoms with E-state index in [-0.39, 0.29) is 10.7 Å². The molecular formula is C17H13Br2NO3S. The topological polar surface area (TPSA) is 56.1 Å². The molecule has 24 heavy (non-hydrogen) atoms. The first-order valence-corrected chi connectivity index (χ1v) is 10.3. The Morgan fingerprint density at radius 3 is 2.29 bits per heavy atom. The Hall–Kier alpha value is -1.44. The van der Waals surface area contributed by atoms with Gasteiger partial charge in [0.05, 0.1) is 10.4 Å². The second-order valence-corrected chi connectivity index (χ2v) is 10.2. The summed E-state index contributed by atoms with van der Waals surface area (Å²) in [5.41, 5.74) is 1.80. The number of alkyl halides is 2. The molecule has 1 heterocycles. The Bertz CT molecular complexity index is 1020. The standard InChI is InChI=1S/C17H13Br2NO3S/c1-11-6-8-12(9-7-11)24(22,23)20-10-14(16(21)17(18)19)13-4-2-3-5-15(13)20/h2-10,17H,1H3. The van der Waals surface area contributed by atoms with Gasteiger partial charge in [0, 0.05) is 17.1 Å². The number of carbonyl (C=O) groups excluding carboxylic acids is 1. The lowest BCUT2D eigenvalue weighted by molar-refractivity contribution is 0.101. The van der Waals surface area contributed by atoms with E-state index in [1.165, 1.54) is 10.2 Å². The number of aryl methyl sites for hydroxylation is 1. The molecule has 0 radical (unpaired) electrons. The fraction of sp³-hybridized carbons (Fsp3) is 0.118. The molecule has 0 fully saturated rings. The summed E-state index contributed by atoms with van der Waals surface area (Å²) in [5, 5.41) is 0.599. The molecule has 0 aliphatic heterocycles. The van der Waals surface area contributed by atoms with Crippen molar-refractivity contribution in [2.24, 2.45) is 0 Å². The fourth-order valence-corrected chi connectivity index (χ4v) is 4.35. The Labute approximate surface area is 156 Å². The number of benzene rings is 2. The third kappa shape index (κ3) is 2.96. The first-order chi connectivity index (χ1) is 11.3. The van der Waals surface area contributed by atoms with Gasteiger partial charge >= 0.3 is 0 Å². The highest BCUT2D eigenvalue weighted by Gasteiger charge is 2.25. The van der Waals surface area contributed by atoms with Crippen LogP contribution in [0, 0.1) is 6.92 Å². The zero-order valence-electron chi connectivity index (χ0n) is 12.6. The minimum Gasteiger partial charge on any atom is -0.292 e. The first-order valence-electron chi connectivity index (χ1n) is 7.07. The van der Waals surface area contributed by atoms with Crippen molar-refractivity contribution in [3.63, 3.8) is 0 Å². The molecule has 0 amide bonds. The molecule has 0 bridgehead atoms. The number of fused-ring (bicyclic) bond motifs is 1. The van der Waals surface area contributed by atoms with E-state index in [0.717, 1.165) is 5.56 Å². The fourth-order valence-electron chi connectivity index (χ4n) is 2.49.